The van der Waals surface area contributed by atoms with E-state index in [0.29, 0.717) is 0 Å². The fourth-order valence-electron chi connectivity index (χ4n) is 1.97. The number of hydrogen-bond acceptors (Lipinski definition) is 3. The quantitative estimate of drug-likeness (QED) is 0.788. The zero-order valence-electron chi connectivity index (χ0n) is 12.5. The van der Waals surface area contributed by atoms with Crippen LogP contribution in [-0.2, 0) is 0 Å². The Morgan fingerprint density at radius 3 is 2.33 bits per heavy atom. The van der Waals surface area contributed by atoms with Crippen LogP contribution in [0.2, 0.25) is 0 Å². The van der Waals surface area contributed by atoms with E-state index >= 15 is 0 Å². The number of benzene rings is 1. The van der Waals surface area contributed by atoms with Gasteiger partial charge >= 0.3 is 0 Å². The summed E-state index contributed by atoms with van der Waals surface area (Å²) >= 11 is 0. The lowest BCUT2D eigenvalue weighted by Gasteiger charge is -2.21. The van der Waals surface area contributed by atoms with Gasteiger partial charge in [0.15, 0.2) is 0 Å². The first-order valence-electron chi connectivity index (χ1n) is 6.48. The third-order valence-electron chi connectivity index (χ3n) is 2.90. The predicted octanol–water partition coefficient (Wildman–Crippen LogP) is 3.11. The molecule has 0 aliphatic rings. The van der Waals surface area contributed by atoms with E-state index in [1.54, 1.807) is 7.11 Å². The molecule has 0 aliphatic heterocycles. The van der Waals surface area contributed by atoms with Crippen LogP contribution in [-0.4, -0.2) is 25.7 Å². The average molecular weight is 250 g/mol. The number of methoxy groups -OCH3 is 1. The first-order chi connectivity index (χ1) is 8.35. The monoisotopic (exact) mass is 250 g/mol. The Morgan fingerprint density at radius 1 is 1.11 bits per heavy atom. The van der Waals surface area contributed by atoms with Gasteiger partial charge in [-0.05, 0) is 46.2 Å². The van der Waals surface area contributed by atoms with Gasteiger partial charge in [-0.2, -0.15) is 0 Å². The molecule has 0 atom stereocenters. The Morgan fingerprint density at radius 2 is 1.78 bits per heavy atom. The second-order valence-electron chi connectivity index (χ2n) is 5.69. The summed E-state index contributed by atoms with van der Waals surface area (Å²) in [6, 6.07) is 4.20. The second kappa shape index (κ2) is 6.10. The highest BCUT2D eigenvalue weighted by molar-refractivity contribution is 5.59. The van der Waals surface area contributed by atoms with Crippen molar-refractivity contribution in [2.24, 2.45) is 0 Å². The maximum absolute atomic E-state index is 5.42. The molecule has 3 heteroatoms. The highest BCUT2D eigenvalue weighted by Crippen LogP contribution is 2.28. The van der Waals surface area contributed by atoms with Crippen LogP contribution in [0.5, 0.6) is 5.75 Å². The lowest BCUT2D eigenvalue weighted by Crippen LogP contribution is -2.38. The van der Waals surface area contributed by atoms with E-state index in [4.69, 9.17) is 4.74 Å². The zero-order chi connectivity index (χ0) is 13.8. The van der Waals surface area contributed by atoms with Crippen LogP contribution in [0, 0.1) is 13.8 Å². The first-order valence-corrected chi connectivity index (χ1v) is 6.48. The number of hydrogen-bond donors (Lipinski definition) is 2. The molecule has 0 radical (unpaired) electrons. The van der Waals surface area contributed by atoms with Gasteiger partial charge in [0, 0.05) is 29.9 Å². The van der Waals surface area contributed by atoms with Crippen molar-refractivity contribution in [2.75, 3.05) is 25.5 Å². The fourth-order valence-corrected chi connectivity index (χ4v) is 1.97. The zero-order valence-corrected chi connectivity index (χ0v) is 12.5. The summed E-state index contributed by atoms with van der Waals surface area (Å²) in [6.45, 7) is 12.5. The van der Waals surface area contributed by atoms with Crippen molar-refractivity contribution in [3.8, 4) is 5.75 Å². The molecule has 1 rings (SSSR count). The van der Waals surface area contributed by atoms with Gasteiger partial charge < -0.3 is 15.4 Å². The SMILES string of the molecule is COc1c(C)ccc(NCCNC(C)(C)C)c1C. The number of aryl methyl sites for hydroxylation is 1. The largest absolute Gasteiger partial charge is 0.496 e. The van der Waals surface area contributed by atoms with Crippen molar-refractivity contribution in [3.63, 3.8) is 0 Å². The normalized spacial score (nSPS) is 11.4. The summed E-state index contributed by atoms with van der Waals surface area (Å²) in [5.74, 6) is 0.976. The van der Waals surface area contributed by atoms with E-state index in [9.17, 15) is 0 Å². The van der Waals surface area contributed by atoms with E-state index in [2.05, 4.69) is 57.4 Å². The van der Waals surface area contributed by atoms with Crippen molar-refractivity contribution in [2.45, 2.75) is 40.2 Å². The Balaban J connectivity index is 2.58. The smallest absolute Gasteiger partial charge is 0.126 e. The standard InChI is InChI=1S/C15H26N2O/c1-11-7-8-13(12(2)14(11)18-6)16-9-10-17-15(3,4)5/h7-8,16-17H,9-10H2,1-6H3. The molecule has 0 unspecified atom stereocenters. The molecule has 3 nitrogen and oxygen atoms in total. The Hall–Kier alpha value is -1.22. The van der Waals surface area contributed by atoms with E-state index in [1.165, 1.54) is 11.1 Å². The van der Waals surface area contributed by atoms with Crippen LogP contribution in [0.1, 0.15) is 31.9 Å². The van der Waals surface area contributed by atoms with Crippen LogP contribution >= 0.6 is 0 Å². The molecule has 0 aliphatic carbocycles. The van der Waals surface area contributed by atoms with Crippen LogP contribution in [0.4, 0.5) is 5.69 Å². The summed E-state index contributed by atoms with van der Waals surface area (Å²) < 4.78 is 5.42. The molecule has 102 valence electrons. The van der Waals surface area contributed by atoms with Gasteiger partial charge in [0.2, 0.25) is 0 Å². The van der Waals surface area contributed by atoms with E-state index in [-0.39, 0.29) is 5.54 Å². The van der Waals surface area contributed by atoms with E-state index in [0.717, 1.165) is 24.5 Å². The van der Waals surface area contributed by atoms with Crippen LogP contribution < -0.4 is 15.4 Å². The van der Waals surface area contributed by atoms with Gasteiger partial charge in [-0.15, -0.1) is 0 Å². The Bertz CT molecular complexity index is 394. The molecular formula is C15H26N2O. The summed E-state index contributed by atoms with van der Waals surface area (Å²) in [7, 11) is 1.72. The topological polar surface area (TPSA) is 33.3 Å². The molecule has 0 aromatic heterocycles. The minimum absolute atomic E-state index is 0.168. The minimum atomic E-state index is 0.168. The van der Waals surface area contributed by atoms with E-state index < -0.39 is 0 Å². The highest BCUT2D eigenvalue weighted by atomic mass is 16.5. The third kappa shape index (κ3) is 4.22. The molecule has 0 bridgehead atoms. The second-order valence-corrected chi connectivity index (χ2v) is 5.69. The number of anilines is 1. The average Bonchev–Trinajstić information content (AvgIpc) is 2.26. The lowest BCUT2D eigenvalue weighted by molar-refractivity contribution is 0.408. The molecule has 0 fully saturated rings. The van der Waals surface area contributed by atoms with E-state index in [1.807, 2.05) is 0 Å². The maximum atomic E-state index is 5.42. The molecule has 0 saturated heterocycles. The van der Waals surface area contributed by atoms with Crippen molar-refractivity contribution in [1.29, 1.82) is 0 Å². The Kier molecular flexibility index (Phi) is 5.03. The van der Waals surface area contributed by atoms with Crippen LogP contribution in [0.3, 0.4) is 0 Å². The highest BCUT2D eigenvalue weighted by Gasteiger charge is 2.09. The van der Waals surface area contributed by atoms with Gasteiger partial charge in [-0.25, -0.2) is 0 Å². The molecule has 0 spiro atoms. The number of ether oxygens (including phenoxy) is 1. The van der Waals surface area contributed by atoms with Gasteiger partial charge in [0.1, 0.15) is 5.75 Å². The molecule has 0 saturated carbocycles. The number of nitrogens with one attached hydrogen (secondary N) is 2. The first kappa shape index (κ1) is 14.8. The summed E-state index contributed by atoms with van der Waals surface area (Å²) in [5.41, 5.74) is 3.66. The molecule has 0 heterocycles. The molecule has 1 aromatic carbocycles. The van der Waals surface area contributed by atoms with Crippen molar-refractivity contribution in [3.05, 3.63) is 23.3 Å². The lowest BCUT2D eigenvalue weighted by atomic mass is 10.1. The minimum Gasteiger partial charge on any atom is -0.496 e. The van der Waals surface area contributed by atoms with Gasteiger partial charge in [0.05, 0.1) is 7.11 Å². The van der Waals surface area contributed by atoms with Crippen molar-refractivity contribution < 1.29 is 4.74 Å². The third-order valence-corrected chi connectivity index (χ3v) is 2.90. The van der Waals surface area contributed by atoms with Crippen LogP contribution in [0.25, 0.3) is 0 Å². The van der Waals surface area contributed by atoms with Crippen molar-refractivity contribution >= 4 is 5.69 Å². The Labute approximate surface area is 111 Å². The summed E-state index contributed by atoms with van der Waals surface area (Å²) in [4.78, 5) is 0. The molecule has 2 N–H and O–H groups in total. The molecule has 0 amide bonds. The van der Waals surface area contributed by atoms with Gasteiger partial charge in [0.25, 0.3) is 0 Å². The summed E-state index contributed by atoms with van der Waals surface area (Å²) in [6.07, 6.45) is 0. The number of rotatable bonds is 5. The van der Waals surface area contributed by atoms with Crippen LogP contribution in [0.15, 0.2) is 12.1 Å². The summed E-state index contributed by atoms with van der Waals surface area (Å²) in [5, 5.41) is 6.90. The molecule has 18 heavy (non-hydrogen) atoms. The molecular weight excluding hydrogens is 224 g/mol. The fraction of sp³-hybridized carbons (Fsp3) is 0.600. The van der Waals surface area contributed by atoms with Gasteiger partial charge in [-0.3, -0.25) is 0 Å². The predicted molar refractivity (Wildman–Crippen MR) is 78.7 cm³/mol. The maximum Gasteiger partial charge on any atom is 0.126 e. The molecule has 1 aromatic rings. The van der Waals surface area contributed by atoms with Gasteiger partial charge in [-0.1, -0.05) is 6.07 Å². The van der Waals surface area contributed by atoms with Crippen molar-refractivity contribution in [1.82, 2.24) is 5.32 Å².